The van der Waals surface area contributed by atoms with Crippen molar-refractivity contribution in [3.63, 3.8) is 0 Å². The molecule has 0 atom stereocenters. The van der Waals surface area contributed by atoms with Crippen molar-refractivity contribution in [3.8, 4) is 16.9 Å². The van der Waals surface area contributed by atoms with Gasteiger partial charge in [0, 0.05) is 36.6 Å². The van der Waals surface area contributed by atoms with Crippen molar-refractivity contribution in [2.75, 3.05) is 0 Å². The largest absolute Gasteiger partial charge is 0.435 e. The number of hydrogen-bond acceptors (Lipinski definition) is 5. The topological polar surface area (TPSA) is 82.2 Å². The van der Waals surface area contributed by atoms with Crippen LogP contribution in [0.3, 0.4) is 0 Å². The number of hydrogen-bond donors (Lipinski definition) is 1. The first kappa shape index (κ1) is 23.5. The van der Waals surface area contributed by atoms with Gasteiger partial charge in [0.15, 0.2) is 5.82 Å². The fourth-order valence-corrected chi connectivity index (χ4v) is 3.77. The summed E-state index contributed by atoms with van der Waals surface area (Å²) in [5.41, 5.74) is 0.269. The zero-order valence-electron chi connectivity index (χ0n) is 18.6. The van der Waals surface area contributed by atoms with Crippen molar-refractivity contribution < 1.29 is 23.0 Å². The minimum absolute atomic E-state index is 0.151. The molecule has 4 aromatic rings. The van der Waals surface area contributed by atoms with Crippen molar-refractivity contribution in [1.82, 2.24) is 19.3 Å². The summed E-state index contributed by atoms with van der Waals surface area (Å²) in [7, 11) is 0. The lowest BCUT2D eigenvalue weighted by Crippen LogP contribution is -2.19. The summed E-state index contributed by atoms with van der Waals surface area (Å²) in [6, 6.07) is 10.9. The molecule has 5 rings (SSSR count). The second-order valence-corrected chi connectivity index (χ2v) is 8.30. The van der Waals surface area contributed by atoms with Gasteiger partial charge in [0.05, 0.1) is 10.9 Å². The van der Waals surface area contributed by atoms with Crippen molar-refractivity contribution in [2.24, 2.45) is 0 Å². The molecule has 1 aliphatic heterocycles. The molecule has 0 aliphatic carbocycles. The Bertz CT molecular complexity index is 1340. The van der Waals surface area contributed by atoms with Crippen LogP contribution in [0.4, 0.5) is 13.2 Å². The summed E-state index contributed by atoms with van der Waals surface area (Å²) in [4.78, 5) is 20.5. The molecule has 1 N–H and O–H groups in total. The summed E-state index contributed by atoms with van der Waals surface area (Å²) in [5, 5.41) is 10.3. The lowest BCUT2D eigenvalue weighted by atomic mass is 10.1. The molecule has 0 radical (unpaired) electrons. The van der Waals surface area contributed by atoms with Crippen LogP contribution >= 0.6 is 0 Å². The number of aromatic nitrogens is 4. The Balaban J connectivity index is 0.000000231. The molecule has 0 saturated heterocycles. The van der Waals surface area contributed by atoms with Crippen molar-refractivity contribution in [2.45, 2.75) is 45.6 Å². The first-order chi connectivity index (χ1) is 16.1. The molecule has 0 amide bonds. The number of ether oxygens (including phenoxy) is 1. The molecule has 1 aliphatic rings. The number of halogens is 3. The average molecular weight is 472 g/mol. The van der Waals surface area contributed by atoms with Crippen molar-refractivity contribution in [3.05, 3.63) is 76.9 Å². The molecular weight excluding hydrogens is 449 g/mol. The fourth-order valence-electron chi connectivity index (χ4n) is 3.77. The number of nitrogens with zero attached hydrogens (tertiary/aromatic N) is 4. The molecular formula is C24H23F3N4O3. The number of aliphatic hydroxyl groups is 1. The van der Waals surface area contributed by atoms with Gasteiger partial charge in [-0.25, -0.2) is 19.0 Å². The van der Waals surface area contributed by atoms with Crippen LogP contribution in [0.1, 0.15) is 26.1 Å². The normalized spacial score (nSPS) is 13.0. The van der Waals surface area contributed by atoms with Gasteiger partial charge in [-0.15, -0.1) is 0 Å². The highest BCUT2D eigenvalue weighted by Crippen LogP contribution is 2.28. The quantitative estimate of drug-likeness (QED) is 0.479. The van der Waals surface area contributed by atoms with E-state index >= 15 is 0 Å². The Labute approximate surface area is 193 Å². The van der Waals surface area contributed by atoms with Crippen LogP contribution < -0.4 is 10.3 Å². The Morgan fingerprint density at radius 2 is 1.71 bits per heavy atom. The third-order valence-electron chi connectivity index (χ3n) is 5.34. The summed E-state index contributed by atoms with van der Waals surface area (Å²) in [6.07, 6.45) is 3.88. The van der Waals surface area contributed by atoms with Gasteiger partial charge in [-0.2, -0.15) is 8.78 Å². The molecule has 10 heteroatoms. The standard InChI is InChI=1S/C17H17FN4O2.C7H6F2O/c1-17(2,24)16-19-8-10(9-20-16)11-7-14-12(6-13(11)18)15(23)22-5-3-4-21(14)22;8-7(9)10-6-4-2-1-3-5-6/h6-9,24H,3-5H2,1-2H3;1-5,7H. The van der Waals surface area contributed by atoms with Crippen LogP contribution in [0.25, 0.3) is 22.0 Å². The van der Waals surface area contributed by atoms with Crippen molar-refractivity contribution >= 4 is 10.9 Å². The number of benzene rings is 2. The van der Waals surface area contributed by atoms with E-state index in [0.29, 0.717) is 23.1 Å². The number of rotatable bonds is 4. The maximum Gasteiger partial charge on any atom is 0.387 e. The number of para-hydroxylation sites is 1. The van der Waals surface area contributed by atoms with E-state index in [0.717, 1.165) is 18.5 Å². The predicted molar refractivity (Wildman–Crippen MR) is 120 cm³/mol. The van der Waals surface area contributed by atoms with E-state index in [-0.39, 0.29) is 17.1 Å². The number of fused-ring (bicyclic) bond motifs is 3. The minimum atomic E-state index is -2.73. The number of aryl methyl sites for hydroxylation is 1. The van der Waals surface area contributed by atoms with Gasteiger partial charge in [-0.3, -0.25) is 9.48 Å². The zero-order valence-corrected chi connectivity index (χ0v) is 18.6. The van der Waals surface area contributed by atoms with E-state index in [2.05, 4.69) is 14.7 Å². The Hall–Kier alpha value is -3.66. The Morgan fingerprint density at radius 3 is 2.32 bits per heavy atom. The third kappa shape index (κ3) is 4.81. The van der Waals surface area contributed by atoms with Gasteiger partial charge in [0.2, 0.25) is 0 Å². The zero-order chi connectivity index (χ0) is 24.5. The highest BCUT2D eigenvalue weighted by atomic mass is 19.3. The first-order valence-corrected chi connectivity index (χ1v) is 10.6. The predicted octanol–water partition coefficient (Wildman–Crippen LogP) is 4.32. The molecule has 3 heterocycles. The van der Waals surface area contributed by atoms with E-state index < -0.39 is 18.0 Å². The minimum Gasteiger partial charge on any atom is -0.435 e. The maximum atomic E-state index is 14.5. The van der Waals surface area contributed by atoms with Crippen LogP contribution in [-0.4, -0.2) is 31.0 Å². The van der Waals surface area contributed by atoms with Crippen LogP contribution in [0.15, 0.2) is 59.7 Å². The molecule has 7 nitrogen and oxygen atoms in total. The monoisotopic (exact) mass is 472 g/mol. The van der Waals surface area contributed by atoms with Gasteiger partial charge in [0.25, 0.3) is 5.56 Å². The van der Waals surface area contributed by atoms with E-state index in [4.69, 9.17) is 0 Å². The summed E-state index contributed by atoms with van der Waals surface area (Å²) in [6.45, 7) is 1.85. The lowest BCUT2D eigenvalue weighted by molar-refractivity contribution is -0.0498. The van der Waals surface area contributed by atoms with Gasteiger partial charge >= 0.3 is 6.61 Å². The smallest absolute Gasteiger partial charge is 0.387 e. The second kappa shape index (κ2) is 9.30. The van der Waals surface area contributed by atoms with E-state index in [1.165, 1.54) is 30.6 Å². The van der Waals surface area contributed by atoms with Crippen LogP contribution in [0.2, 0.25) is 0 Å². The van der Waals surface area contributed by atoms with Crippen molar-refractivity contribution in [1.29, 1.82) is 0 Å². The summed E-state index contributed by atoms with van der Waals surface area (Å²) in [5.74, 6) is -0.0182. The van der Waals surface area contributed by atoms with Crippen LogP contribution in [0, 0.1) is 5.82 Å². The molecule has 34 heavy (non-hydrogen) atoms. The molecule has 0 fully saturated rings. The van der Waals surface area contributed by atoms with E-state index in [1.54, 1.807) is 42.8 Å². The summed E-state index contributed by atoms with van der Waals surface area (Å²) >= 11 is 0. The van der Waals surface area contributed by atoms with Crippen LogP contribution in [-0.2, 0) is 18.7 Å². The molecule has 0 spiro atoms. The van der Waals surface area contributed by atoms with E-state index in [9.17, 15) is 23.1 Å². The lowest BCUT2D eigenvalue weighted by Gasteiger charge is -2.15. The molecule has 0 unspecified atom stereocenters. The van der Waals surface area contributed by atoms with Gasteiger partial charge in [0.1, 0.15) is 17.2 Å². The molecule has 2 aromatic heterocycles. The Morgan fingerprint density at radius 1 is 1.06 bits per heavy atom. The fraction of sp³-hybridized carbons (Fsp3) is 0.292. The molecule has 0 saturated carbocycles. The average Bonchev–Trinajstić information content (AvgIpc) is 3.37. The molecule has 178 valence electrons. The maximum absolute atomic E-state index is 14.5. The third-order valence-corrected chi connectivity index (χ3v) is 5.34. The molecule has 2 aromatic carbocycles. The first-order valence-electron chi connectivity index (χ1n) is 10.6. The van der Waals surface area contributed by atoms with Gasteiger partial charge in [-0.1, -0.05) is 18.2 Å². The SMILES string of the molecule is CC(C)(O)c1ncc(-c2cc3c(cc2F)c(=O)n2n3CCC2)cn1.FC(F)Oc1ccccc1. The van der Waals surface area contributed by atoms with E-state index in [1.807, 2.05) is 4.68 Å². The highest BCUT2D eigenvalue weighted by molar-refractivity contribution is 5.84. The van der Waals surface area contributed by atoms with Gasteiger partial charge in [-0.05, 0) is 44.5 Å². The van der Waals surface area contributed by atoms with Crippen LogP contribution in [0.5, 0.6) is 5.75 Å². The molecule has 0 bridgehead atoms. The Kier molecular flexibility index (Phi) is 6.43. The van der Waals surface area contributed by atoms with Gasteiger partial charge < -0.3 is 9.84 Å². The number of alkyl halides is 2. The highest BCUT2D eigenvalue weighted by Gasteiger charge is 2.22. The second-order valence-electron chi connectivity index (χ2n) is 8.30. The summed E-state index contributed by atoms with van der Waals surface area (Å²) < 4.78 is 45.1.